The molecule has 0 aliphatic heterocycles. The van der Waals surface area contributed by atoms with E-state index >= 15 is 0 Å². The molecule has 114 valence electrons. The minimum atomic E-state index is -1.28. The Morgan fingerprint density at radius 2 is 1.85 bits per heavy atom. The van der Waals surface area contributed by atoms with Crippen molar-refractivity contribution >= 4 is 23.9 Å². The Morgan fingerprint density at radius 1 is 1.20 bits per heavy atom. The van der Waals surface area contributed by atoms with Crippen LogP contribution in [0.1, 0.15) is 19.8 Å². The van der Waals surface area contributed by atoms with Gasteiger partial charge in [-0.3, -0.25) is 9.59 Å². The van der Waals surface area contributed by atoms with Crippen LogP contribution < -0.4 is 16.0 Å². The lowest BCUT2D eigenvalue weighted by Gasteiger charge is -2.14. The van der Waals surface area contributed by atoms with Gasteiger partial charge in [-0.1, -0.05) is 0 Å². The first-order chi connectivity index (χ1) is 9.40. The second-order valence-corrected chi connectivity index (χ2v) is 3.79. The van der Waals surface area contributed by atoms with Crippen LogP contribution in [0.2, 0.25) is 0 Å². The molecule has 0 aliphatic rings. The van der Waals surface area contributed by atoms with E-state index in [1.165, 1.54) is 7.11 Å². The highest BCUT2D eigenvalue weighted by Crippen LogP contribution is 1.99. The maximum absolute atomic E-state index is 11.4. The summed E-state index contributed by atoms with van der Waals surface area (Å²) in [4.78, 5) is 44.3. The molecule has 0 saturated heterocycles. The van der Waals surface area contributed by atoms with Crippen LogP contribution in [0.3, 0.4) is 0 Å². The van der Waals surface area contributed by atoms with Crippen LogP contribution in [0.5, 0.6) is 0 Å². The van der Waals surface area contributed by atoms with E-state index in [4.69, 9.17) is 5.11 Å². The number of carbonyl (C=O) groups excluding carboxylic acids is 3. The number of amides is 3. The number of esters is 1. The van der Waals surface area contributed by atoms with Crippen molar-refractivity contribution in [1.29, 1.82) is 0 Å². The van der Waals surface area contributed by atoms with Gasteiger partial charge in [-0.15, -0.1) is 0 Å². The number of hydrogen-bond acceptors (Lipinski definition) is 5. The van der Waals surface area contributed by atoms with E-state index in [0.29, 0.717) is 6.54 Å². The third-order valence-electron chi connectivity index (χ3n) is 2.25. The Kier molecular flexibility index (Phi) is 8.48. The first-order valence-corrected chi connectivity index (χ1v) is 6.01. The van der Waals surface area contributed by atoms with Crippen molar-refractivity contribution in [2.75, 3.05) is 20.2 Å². The zero-order valence-corrected chi connectivity index (χ0v) is 11.4. The van der Waals surface area contributed by atoms with E-state index in [-0.39, 0.29) is 25.3 Å². The van der Waals surface area contributed by atoms with Crippen LogP contribution in [0.25, 0.3) is 0 Å². The van der Waals surface area contributed by atoms with Crippen LogP contribution >= 0.6 is 0 Å². The number of likely N-dealkylation sites (N-methyl/N-ethyl adjacent to an activating group) is 1. The average Bonchev–Trinajstić information content (AvgIpc) is 2.40. The monoisotopic (exact) mass is 289 g/mol. The summed E-state index contributed by atoms with van der Waals surface area (Å²) in [5.41, 5.74) is 0. The highest BCUT2D eigenvalue weighted by atomic mass is 16.5. The summed E-state index contributed by atoms with van der Waals surface area (Å²) in [5, 5.41) is 15.7. The lowest BCUT2D eigenvalue weighted by atomic mass is 10.1. The fourth-order valence-electron chi connectivity index (χ4n) is 1.25. The van der Waals surface area contributed by atoms with Gasteiger partial charge in [0.2, 0.25) is 5.91 Å². The third kappa shape index (κ3) is 7.90. The molecule has 0 aromatic carbocycles. The van der Waals surface area contributed by atoms with Crippen molar-refractivity contribution in [3.8, 4) is 0 Å². The minimum absolute atomic E-state index is 0.101. The topological polar surface area (TPSA) is 134 Å². The molecule has 0 saturated carbocycles. The van der Waals surface area contributed by atoms with Crippen molar-refractivity contribution < 1.29 is 29.0 Å². The van der Waals surface area contributed by atoms with Crippen LogP contribution in [0.15, 0.2) is 0 Å². The van der Waals surface area contributed by atoms with Crippen LogP contribution in [0.4, 0.5) is 4.79 Å². The first kappa shape index (κ1) is 17.7. The number of urea groups is 1. The molecule has 0 radical (unpaired) electrons. The summed E-state index contributed by atoms with van der Waals surface area (Å²) in [5.74, 6) is -2.23. The maximum atomic E-state index is 11.4. The highest BCUT2D eigenvalue weighted by molar-refractivity contribution is 5.86. The lowest BCUT2D eigenvalue weighted by molar-refractivity contribution is -0.142. The molecule has 20 heavy (non-hydrogen) atoms. The SMILES string of the molecule is CCNC(=O)CNC(=O)N[C@@H](CCC(=O)OC)C(=O)O. The van der Waals surface area contributed by atoms with Gasteiger partial charge in [0.05, 0.1) is 13.7 Å². The Hall–Kier alpha value is -2.32. The third-order valence-corrected chi connectivity index (χ3v) is 2.25. The predicted molar refractivity (Wildman–Crippen MR) is 67.9 cm³/mol. The number of carboxylic acid groups (broad SMARTS) is 1. The van der Waals surface area contributed by atoms with Gasteiger partial charge in [-0.2, -0.15) is 0 Å². The second-order valence-electron chi connectivity index (χ2n) is 3.79. The molecule has 0 spiro atoms. The van der Waals surface area contributed by atoms with E-state index in [2.05, 4.69) is 20.7 Å². The minimum Gasteiger partial charge on any atom is -0.480 e. The van der Waals surface area contributed by atoms with Gasteiger partial charge in [0, 0.05) is 13.0 Å². The quantitative estimate of drug-likeness (QED) is 0.416. The highest BCUT2D eigenvalue weighted by Gasteiger charge is 2.21. The fourth-order valence-corrected chi connectivity index (χ4v) is 1.25. The van der Waals surface area contributed by atoms with Gasteiger partial charge in [-0.25, -0.2) is 9.59 Å². The van der Waals surface area contributed by atoms with E-state index in [1.807, 2.05) is 0 Å². The summed E-state index contributed by atoms with van der Waals surface area (Å²) in [7, 11) is 1.19. The number of nitrogens with one attached hydrogen (secondary N) is 3. The molecule has 0 bridgehead atoms. The van der Waals surface area contributed by atoms with Crippen molar-refractivity contribution in [1.82, 2.24) is 16.0 Å². The number of ether oxygens (including phenoxy) is 1. The van der Waals surface area contributed by atoms with Crippen molar-refractivity contribution in [3.63, 3.8) is 0 Å². The standard InChI is InChI=1S/C11H19N3O6/c1-3-12-8(15)6-13-11(19)14-7(10(17)18)4-5-9(16)20-2/h7H,3-6H2,1-2H3,(H,12,15)(H,17,18)(H2,13,14,19)/t7-/m0/s1. The van der Waals surface area contributed by atoms with Crippen LogP contribution in [-0.4, -0.2) is 55.2 Å². The summed E-state index contributed by atoms with van der Waals surface area (Å²) in [6, 6.07) is -2.03. The van der Waals surface area contributed by atoms with E-state index in [1.54, 1.807) is 6.92 Å². The number of rotatable bonds is 8. The zero-order chi connectivity index (χ0) is 15.5. The molecule has 0 unspecified atom stereocenters. The molecule has 3 amide bonds. The summed E-state index contributed by atoms with van der Waals surface area (Å²) < 4.78 is 4.38. The normalized spacial score (nSPS) is 11.1. The van der Waals surface area contributed by atoms with Gasteiger partial charge >= 0.3 is 18.0 Å². The number of carbonyl (C=O) groups is 4. The molecule has 0 aromatic rings. The molecule has 0 aliphatic carbocycles. The summed E-state index contributed by atoms with van der Waals surface area (Å²) in [6.45, 7) is 1.90. The van der Waals surface area contributed by atoms with Crippen molar-refractivity contribution in [2.24, 2.45) is 0 Å². The van der Waals surface area contributed by atoms with E-state index < -0.39 is 24.0 Å². The molecule has 0 aromatic heterocycles. The van der Waals surface area contributed by atoms with Crippen molar-refractivity contribution in [2.45, 2.75) is 25.8 Å². The van der Waals surface area contributed by atoms with Crippen LogP contribution in [0, 0.1) is 0 Å². The Bertz CT molecular complexity index is 371. The van der Waals surface area contributed by atoms with Crippen molar-refractivity contribution in [3.05, 3.63) is 0 Å². The fraction of sp³-hybridized carbons (Fsp3) is 0.636. The van der Waals surface area contributed by atoms with Gasteiger partial charge in [-0.05, 0) is 13.3 Å². The number of aliphatic carboxylic acids is 1. The largest absolute Gasteiger partial charge is 0.480 e. The van der Waals surface area contributed by atoms with Gasteiger partial charge < -0.3 is 25.8 Å². The first-order valence-electron chi connectivity index (χ1n) is 6.01. The Labute approximate surface area is 116 Å². The summed E-state index contributed by atoms with van der Waals surface area (Å²) >= 11 is 0. The number of methoxy groups -OCH3 is 1. The molecule has 9 heteroatoms. The molecule has 1 atom stereocenters. The van der Waals surface area contributed by atoms with Gasteiger partial charge in [0.15, 0.2) is 0 Å². The maximum Gasteiger partial charge on any atom is 0.326 e. The molecule has 0 fully saturated rings. The number of carboxylic acids is 1. The predicted octanol–water partition coefficient (Wildman–Crippen LogP) is -1.17. The molecule has 4 N–H and O–H groups in total. The molecule has 0 heterocycles. The zero-order valence-electron chi connectivity index (χ0n) is 11.4. The van der Waals surface area contributed by atoms with E-state index in [0.717, 1.165) is 0 Å². The average molecular weight is 289 g/mol. The second kappa shape index (κ2) is 9.59. The molecule has 0 rings (SSSR count). The van der Waals surface area contributed by atoms with Gasteiger partial charge in [0.1, 0.15) is 6.04 Å². The smallest absolute Gasteiger partial charge is 0.326 e. The lowest BCUT2D eigenvalue weighted by Crippen LogP contribution is -2.48. The Morgan fingerprint density at radius 3 is 2.35 bits per heavy atom. The molecular weight excluding hydrogens is 270 g/mol. The molecule has 9 nitrogen and oxygen atoms in total. The van der Waals surface area contributed by atoms with Gasteiger partial charge in [0.25, 0.3) is 0 Å². The number of hydrogen-bond donors (Lipinski definition) is 4. The van der Waals surface area contributed by atoms with Crippen LogP contribution in [-0.2, 0) is 19.1 Å². The summed E-state index contributed by atoms with van der Waals surface area (Å²) in [6.07, 6.45) is -0.235. The Balaban J connectivity index is 4.17. The van der Waals surface area contributed by atoms with E-state index in [9.17, 15) is 19.2 Å². The molecular formula is C11H19N3O6.